The number of aliphatic hydroxyl groups is 4. The number of nitrogens with zero attached hydrogens (tertiary/aromatic N) is 5. The monoisotopic (exact) mass is 1190 g/mol. The second kappa shape index (κ2) is 33.4. The van der Waals surface area contributed by atoms with E-state index in [1.54, 1.807) is 60.4 Å². The summed E-state index contributed by atoms with van der Waals surface area (Å²) in [6.45, 7) is 20.4. The number of carbonyl (C=O) groups excluding carboxylic acids is 5. The molecular formula is C64H100N6O15. The summed E-state index contributed by atoms with van der Waals surface area (Å²) in [7, 11) is 3.14. The van der Waals surface area contributed by atoms with Gasteiger partial charge in [0.05, 0.1) is 31.0 Å². The number of hydrogen-bond donors (Lipinski definition) is 5. The number of Topliss-reactive ketones (excluding diaryl/α,β-unsaturated/α-hetero) is 2. The number of allylic oxidation sites excluding steroid dienone is 5. The number of ketones is 2. The predicted molar refractivity (Wildman–Crippen MR) is 320 cm³/mol. The Labute approximate surface area is 503 Å². The van der Waals surface area contributed by atoms with Gasteiger partial charge in [-0.2, -0.15) is 0 Å². The van der Waals surface area contributed by atoms with Gasteiger partial charge in [-0.25, -0.2) is 19.6 Å². The molecule has 85 heavy (non-hydrogen) atoms. The van der Waals surface area contributed by atoms with Gasteiger partial charge < -0.3 is 64.0 Å². The molecule has 1 saturated carbocycles. The van der Waals surface area contributed by atoms with Crippen molar-refractivity contribution in [2.75, 3.05) is 71.6 Å². The van der Waals surface area contributed by atoms with Gasteiger partial charge in [0, 0.05) is 115 Å². The van der Waals surface area contributed by atoms with Gasteiger partial charge in [-0.1, -0.05) is 71.1 Å². The summed E-state index contributed by atoms with van der Waals surface area (Å²) < 4.78 is 35.8. The lowest BCUT2D eigenvalue weighted by Crippen LogP contribution is -2.61. The molecule has 3 saturated heterocycles. The number of amides is 2. The van der Waals surface area contributed by atoms with E-state index < -0.39 is 108 Å². The van der Waals surface area contributed by atoms with E-state index in [2.05, 4.69) is 25.1 Å². The van der Waals surface area contributed by atoms with Crippen LogP contribution in [-0.4, -0.2) is 197 Å². The first-order valence-electron chi connectivity index (χ1n) is 31.2. The summed E-state index contributed by atoms with van der Waals surface area (Å²) in [4.78, 5) is 85.1. The number of hydrogen-bond acceptors (Lipinski definition) is 19. The SMILES string of the molecule is CCOCCN1CCN(c2ncc(CNC(=O)O[C@@H]3CC[C@@H](C[C@@H](C)[C@@H]4C[C@@H](O)[C@H](C)/C=C(\C)[C@@H](O)[C@@H](O)C(=O)[C@H](C)C[C@H](C)/C=C/C=C/C=C(\C)[C@@H](OC)C[C@@H]5CC[C@@H](C)[C@@](O)(O5)C(=O)C(=O)N5CCCC[C@H]5C(=O)O4)C[C@H]3OC)cn2)CC1. The molecule has 0 aromatic carbocycles. The Morgan fingerprint density at radius 1 is 0.835 bits per heavy atom. The fraction of sp³-hybridized carbons (Fsp3) is 0.734. The molecule has 21 heteroatoms. The number of rotatable bonds is 13. The molecule has 2 amide bonds. The number of cyclic esters (lactones) is 1. The topological polar surface area (TPSA) is 269 Å². The lowest BCUT2D eigenvalue weighted by atomic mass is 9.78. The standard InChI is InChI=1S/C64H100N6O15/c1-11-82-30-29-68-25-27-69(28-26-68)62-65-37-48(38-66-62)39-67-63(78)84-52-23-21-47(34-55(52)81-10)33-43(5)54-36-51(71)42(4)32-45(7)57(73)58(74)56(72)44(6)31-40(2)17-13-12-14-18-41(3)53(80-9)35-49-22-20-46(8)64(79,85-49)59(75)60(76)70-24-16-15-19-50(70)61(77)83-54/h12-14,17-18,32,37-38,40,42-44,46-47,49-55,57-58,71,73-74,79H,11,15-16,19-31,33-36,39H2,1-10H3,(H,67,78)/b14-12+,17-13+,41-18+,45-32+/t40-,42-,43-,44-,46-,47+,49+,50+,51-,52-,53+,54+,55-,57-,58+,64-/m1/s1. The quantitative estimate of drug-likeness (QED) is 0.0637. The van der Waals surface area contributed by atoms with Crippen LogP contribution in [0.25, 0.3) is 0 Å². The summed E-state index contributed by atoms with van der Waals surface area (Å²) in [5, 5.41) is 49.3. The van der Waals surface area contributed by atoms with Crippen LogP contribution >= 0.6 is 0 Å². The van der Waals surface area contributed by atoms with E-state index in [0.29, 0.717) is 83.4 Å². The summed E-state index contributed by atoms with van der Waals surface area (Å²) in [5.41, 5.74) is 1.86. The number of piperazine rings is 1. The molecule has 1 aromatic heterocycles. The maximum atomic E-state index is 14.7. The van der Waals surface area contributed by atoms with Crippen LogP contribution in [0.3, 0.4) is 0 Å². The van der Waals surface area contributed by atoms with E-state index in [1.165, 1.54) is 4.90 Å². The molecule has 4 fully saturated rings. The third-order valence-corrected chi connectivity index (χ3v) is 18.2. The van der Waals surface area contributed by atoms with Crippen molar-refractivity contribution < 1.29 is 72.8 Å². The van der Waals surface area contributed by atoms with Crippen molar-refractivity contribution in [1.82, 2.24) is 25.1 Å². The minimum absolute atomic E-state index is 0.0144. The Kier molecular flexibility index (Phi) is 27.2. The van der Waals surface area contributed by atoms with Crippen molar-refractivity contribution in [3.8, 4) is 0 Å². The normalized spacial score (nSPS) is 35.7. The van der Waals surface area contributed by atoms with Crippen LogP contribution in [0, 0.1) is 35.5 Å². The Morgan fingerprint density at radius 3 is 2.26 bits per heavy atom. The van der Waals surface area contributed by atoms with E-state index in [4.69, 9.17) is 28.4 Å². The fourth-order valence-corrected chi connectivity index (χ4v) is 12.6. The van der Waals surface area contributed by atoms with Crippen molar-refractivity contribution in [2.45, 2.75) is 200 Å². The molecule has 1 aromatic rings. The van der Waals surface area contributed by atoms with Crippen LogP contribution in [-0.2, 0) is 54.1 Å². The molecule has 4 aliphatic heterocycles. The van der Waals surface area contributed by atoms with Crippen LogP contribution in [0.5, 0.6) is 0 Å². The van der Waals surface area contributed by atoms with Gasteiger partial charge in [-0.05, 0) is 114 Å². The molecule has 476 valence electrons. The van der Waals surface area contributed by atoms with E-state index >= 15 is 0 Å². The second-order valence-electron chi connectivity index (χ2n) is 24.7. The third kappa shape index (κ3) is 19.5. The number of alkyl carbamates (subject to hydrolysis) is 1. The number of anilines is 1. The van der Waals surface area contributed by atoms with E-state index in [9.17, 15) is 44.4 Å². The summed E-state index contributed by atoms with van der Waals surface area (Å²) in [5.74, 6) is -7.68. The predicted octanol–water partition coefficient (Wildman–Crippen LogP) is 6.20. The summed E-state index contributed by atoms with van der Waals surface area (Å²) in [6.07, 6.45) is 11.4. The molecule has 16 atom stereocenters. The molecule has 0 spiro atoms. The smallest absolute Gasteiger partial charge is 0.407 e. The van der Waals surface area contributed by atoms with E-state index in [-0.39, 0.29) is 49.3 Å². The zero-order valence-electron chi connectivity index (χ0n) is 52.1. The minimum atomic E-state index is -2.46. The van der Waals surface area contributed by atoms with Crippen molar-refractivity contribution in [2.24, 2.45) is 35.5 Å². The highest BCUT2D eigenvalue weighted by atomic mass is 16.6. The Hall–Kier alpha value is -4.97. The average Bonchev–Trinajstić information content (AvgIpc) is 2.45. The lowest BCUT2D eigenvalue weighted by molar-refractivity contribution is -0.265. The number of nitrogens with one attached hydrogen (secondary N) is 1. The lowest BCUT2D eigenvalue weighted by Gasteiger charge is -2.43. The maximum absolute atomic E-state index is 14.7. The highest BCUT2D eigenvalue weighted by Crippen LogP contribution is 2.38. The van der Waals surface area contributed by atoms with Gasteiger partial charge in [-0.3, -0.25) is 19.3 Å². The van der Waals surface area contributed by atoms with Crippen LogP contribution in [0.2, 0.25) is 0 Å². The molecule has 5 N–H and O–H groups in total. The largest absolute Gasteiger partial charge is 0.460 e. The first-order valence-corrected chi connectivity index (χ1v) is 31.2. The van der Waals surface area contributed by atoms with Gasteiger partial charge in [0.15, 0.2) is 5.78 Å². The molecule has 21 nitrogen and oxygen atoms in total. The van der Waals surface area contributed by atoms with Gasteiger partial charge in [0.25, 0.3) is 11.7 Å². The molecule has 5 aliphatic rings. The van der Waals surface area contributed by atoms with Crippen LogP contribution in [0.4, 0.5) is 10.7 Å². The van der Waals surface area contributed by atoms with Crippen molar-refractivity contribution >= 4 is 35.5 Å². The van der Waals surface area contributed by atoms with Crippen LogP contribution in [0.1, 0.15) is 138 Å². The fourth-order valence-electron chi connectivity index (χ4n) is 12.6. The first-order chi connectivity index (χ1) is 40.6. The van der Waals surface area contributed by atoms with Gasteiger partial charge >= 0.3 is 12.1 Å². The third-order valence-electron chi connectivity index (χ3n) is 18.2. The van der Waals surface area contributed by atoms with Crippen molar-refractivity contribution in [3.05, 3.63) is 65.6 Å². The highest BCUT2D eigenvalue weighted by molar-refractivity contribution is 6.39. The van der Waals surface area contributed by atoms with Gasteiger partial charge in [0.2, 0.25) is 11.7 Å². The Bertz CT molecular complexity index is 2450. The molecular weight excluding hydrogens is 1090 g/mol. The number of esters is 1. The molecule has 0 radical (unpaired) electrons. The zero-order chi connectivity index (χ0) is 62.0. The van der Waals surface area contributed by atoms with Gasteiger partial charge in [-0.15, -0.1) is 0 Å². The summed E-state index contributed by atoms with van der Waals surface area (Å²) in [6, 6.07) is -1.18. The number of carbonyl (C=O) groups is 5. The van der Waals surface area contributed by atoms with Crippen molar-refractivity contribution in [3.63, 3.8) is 0 Å². The number of ether oxygens (including phenoxy) is 6. The molecule has 2 bridgehead atoms. The zero-order valence-corrected chi connectivity index (χ0v) is 52.1. The number of methoxy groups -OCH3 is 2. The van der Waals surface area contributed by atoms with E-state index in [1.807, 2.05) is 58.1 Å². The first kappa shape index (κ1) is 69.1. The Balaban J connectivity index is 1.16. The number of aromatic nitrogens is 2. The number of fused-ring (bicyclic) bond motifs is 3. The molecule has 6 rings (SSSR count). The number of piperidine rings is 1. The van der Waals surface area contributed by atoms with Gasteiger partial charge in [0.1, 0.15) is 30.5 Å². The van der Waals surface area contributed by atoms with Crippen LogP contribution < -0.4 is 10.2 Å². The molecule has 5 heterocycles. The summed E-state index contributed by atoms with van der Waals surface area (Å²) >= 11 is 0. The maximum Gasteiger partial charge on any atom is 0.407 e. The molecule has 1 aliphatic carbocycles. The second-order valence-corrected chi connectivity index (χ2v) is 24.7. The average molecular weight is 1190 g/mol. The van der Waals surface area contributed by atoms with Crippen molar-refractivity contribution in [1.29, 1.82) is 0 Å². The van der Waals surface area contributed by atoms with E-state index in [0.717, 1.165) is 43.9 Å². The van der Waals surface area contributed by atoms with Crippen LogP contribution in [0.15, 0.2) is 60.0 Å². The molecule has 0 unspecified atom stereocenters. The Morgan fingerprint density at radius 2 is 1.56 bits per heavy atom. The number of aliphatic hydroxyl groups excluding tert-OH is 3. The minimum Gasteiger partial charge on any atom is -0.460 e. The highest BCUT2D eigenvalue weighted by Gasteiger charge is 2.53.